The molecule has 2 nitrogen and oxygen atoms in total. The van der Waals surface area contributed by atoms with Gasteiger partial charge in [0.1, 0.15) is 0 Å². The van der Waals surface area contributed by atoms with Crippen molar-refractivity contribution in [3.8, 4) is 0 Å². The van der Waals surface area contributed by atoms with Crippen LogP contribution in [-0.2, 0) is 6.54 Å². The van der Waals surface area contributed by atoms with Crippen molar-refractivity contribution in [3.05, 3.63) is 21.9 Å². The molecule has 0 unspecified atom stereocenters. The summed E-state index contributed by atoms with van der Waals surface area (Å²) in [6.45, 7) is 4.15. The van der Waals surface area contributed by atoms with Crippen LogP contribution < -0.4 is 5.32 Å². The minimum Gasteiger partial charge on any atom is -0.361 e. The Bertz CT molecular complexity index is 444. The van der Waals surface area contributed by atoms with Gasteiger partial charge in [0.2, 0.25) is 0 Å². The Morgan fingerprint density at radius 1 is 1.33 bits per heavy atom. The first kappa shape index (κ1) is 12.5. The van der Waals surface area contributed by atoms with Gasteiger partial charge in [0.05, 0.1) is 0 Å². The third-order valence-electron chi connectivity index (χ3n) is 4.13. The Morgan fingerprint density at radius 2 is 2.17 bits per heavy atom. The lowest BCUT2D eigenvalue weighted by Crippen LogP contribution is -2.33. The number of aliphatic imine (C=N–C) groups is 1. The number of thiophene rings is 1. The van der Waals surface area contributed by atoms with Crippen molar-refractivity contribution >= 4 is 28.3 Å². The second kappa shape index (κ2) is 5.25. The highest BCUT2D eigenvalue weighted by Crippen LogP contribution is 2.43. The van der Waals surface area contributed by atoms with E-state index in [0.717, 1.165) is 18.3 Å². The first-order chi connectivity index (χ1) is 8.77. The first-order valence-electron chi connectivity index (χ1n) is 6.70. The monoisotopic (exact) mass is 280 g/mol. The summed E-state index contributed by atoms with van der Waals surface area (Å²) in [4.78, 5) is 4.77. The Kier molecular flexibility index (Phi) is 3.66. The van der Waals surface area contributed by atoms with E-state index in [1.54, 1.807) is 11.3 Å². The quantitative estimate of drug-likeness (QED) is 0.891. The molecule has 1 aromatic rings. The predicted molar refractivity (Wildman–Crippen MR) is 81.6 cm³/mol. The number of nitrogens with zero attached hydrogens (tertiary/aromatic N) is 1. The molecule has 1 aliphatic heterocycles. The number of rotatable bonds is 2. The summed E-state index contributed by atoms with van der Waals surface area (Å²) in [6, 6.07) is 0. The SMILES string of the molecule is Cc1cscc1CNC1=NCC2(CCCC2)CS1. The summed E-state index contributed by atoms with van der Waals surface area (Å²) >= 11 is 3.71. The standard InChI is InChI=1S/C14H20N2S2/c1-11-7-17-8-12(11)6-15-13-16-9-14(10-18-13)4-2-3-5-14/h7-8H,2-6,9-10H2,1H3,(H,15,16). The van der Waals surface area contributed by atoms with Gasteiger partial charge in [-0.25, -0.2) is 0 Å². The van der Waals surface area contributed by atoms with Gasteiger partial charge < -0.3 is 5.32 Å². The van der Waals surface area contributed by atoms with Crippen molar-refractivity contribution in [1.29, 1.82) is 0 Å². The van der Waals surface area contributed by atoms with E-state index < -0.39 is 0 Å². The molecule has 0 aromatic carbocycles. The molecule has 0 saturated heterocycles. The van der Waals surface area contributed by atoms with E-state index in [1.807, 2.05) is 11.8 Å². The zero-order chi connectivity index (χ0) is 12.4. The maximum atomic E-state index is 4.77. The molecule has 1 N–H and O–H groups in total. The van der Waals surface area contributed by atoms with Gasteiger partial charge in [-0.2, -0.15) is 11.3 Å². The second-order valence-electron chi connectivity index (χ2n) is 5.55. The van der Waals surface area contributed by atoms with Crippen LogP contribution >= 0.6 is 23.1 Å². The molecule has 0 amide bonds. The van der Waals surface area contributed by atoms with Crippen LogP contribution in [0.2, 0.25) is 0 Å². The first-order valence-corrected chi connectivity index (χ1v) is 8.63. The number of amidine groups is 1. The fourth-order valence-electron chi connectivity index (χ4n) is 2.83. The fourth-order valence-corrected chi connectivity index (χ4v) is 4.84. The Morgan fingerprint density at radius 3 is 2.78 bits per heavy atom. The predicted octanol–water partition coefficient (Wildman–Crippen LogP) is 3.81. The van der Waals surface area contributed by atoms with Gasteiger partial charge in [-0.05, 0) is 47.1 Å². The maximum Gasteiger partial charge on any atom is 0.156 e. The van der Waals surface area contributed by atoms with Gasteiger partial charge in [0.15, 0.2) is 5.17 Å². The molecule has 18 heavy (non-hydrogen) atoms. The molecule has 3 rings (SSSR count). The van der Waals surface area contributed by atoms with Crippen molar-refractivity contribution in [3.63, 3.8) is 0 Å². The average Bonchev–Trinajstić information content (AvgIpc) is 2.99. The molecule has 1 aliphatic carbocycles. The molecule has 4 heteroatoms. The summed E-state index contributed by atoms with van der Waals surface area (Å²) in [5.74, 6) is 1.27. The van der Waals surface area contributed by atoms with Crippen molar-refractivity contribution in [1.82, 2.24) is 5.32 Å². The van der Waals surface area contributed by atoms with Gasteiger partial charge in [-0.15, -0.1) is 0 Å². The zero-order valence-corrected chi connectivity index (χ0v) is 12.5. The number of thioether (sulfide) groups is 1. The van der Waals surface area contributed by atoms with Crippen molar-refractivity contribution in [2.45, 2.75) is 39.2 Å². The molecular formula is C14H20N2S2. The number of nitrogens with one attached hydrogen (secondary N) is 1. The minimum atomic E-state index is 0.550. The molecule has 0 bridgehead atoms. The van der Waals surface area contributed by atoms with Gasteiger partial charge in [0, 0.05) is 18.8 Å². The highest BCUT2D eigenvalue weighted by Gasteiger charge is 2.36. The zero-order valence-electron chi connectivity index (χ0n) is 10.9. The molecule has 1 aromatic heterocycles. The van der Waals surface area contributed by atoms with Crippen LogP contribution in [0.15, 0.2) is 15.8 Å². The van der Waals surface area contributed by atoms with Gasteiger partial charge in [-0.3, -0.25) is 4.99 Å². The van der Waals surface area contributed by atoms with E-state index in [-0.39, 0.29) is 0 Å². The third kappa shape index (κ3) is 2.59. The van der Waals surface area contributed by atoms with Crippen LogP contribution in [0, 0.1) is 12.3 Å². The molecule has 2 aliphatic rings. The topological polar surface area (TPSA) is 24.4 Å². The fraction of sp³-hybridized carbons (Fsp3) is 0.643. The lowest BCUT2D eigenvalue weighted by molar-refractivity contribution is 0.358. The van der Waals surface area contributed by atoms with E-state index in [9.17, 15) is 0 Å². The highest BCUT2D eigenvalue weighted by atomic mass is 32.2. The summed E-state index contributed by atoms with van der Waals surface area (Å²) in [5.41, 5.74) is 3.35. The summed E-state index contributed by atoms with van der Waals surface area (Å²) in [6.07, 6.45) is 5.60. The smallest absolute Gasteiger partial charge is 0.156 e. The van der Waals surface area contributed by atoms with Crippen LogP contribution in [0.4, 0.5) is 0 Å². The molecular weight excluding hydrogens is 260 g/mol. The average molecular weight is 280 g/mol. The third-order valence-corrected chi connectivity index (χ3v) is 6.34. The largest absolute Gasteiger partial charge is 0.361 e. The molecule has 0 radical (unpaired) electrons. The number of hydrogen-bond acceptors (Lipinski definition) is 4. The van der Waals surface area contributed by atoms with Crippen LogP contribution in [0.25, 0.3) is 0 Å². The Labute approximate surface area is 117 Å². The minimum absolute atomic E-state index is 0.550. The maximum absolute atomic E-state index is 4.77. The van der Waals surface area contributed by atoms with E-state index >= 15 is 0 Å². The number of hydrogen-bond donors (Lipinski definition) is 1. The van der Waals surface area contributed by atoms with Crippen molar-refractivity contribution in [2.75, 3.05) is 12.3 Å². The Balaban J connectivity index is 1.55. The van der Waals surface area contributed by atoms with Crippen molar-refractivity contribution in [2.24, 2.45) is 10.4 Å². The summed E-state index contributed by atoms with van der Waals surface area (Å²) in [5, 5.41) is 9.08. The van der Waals surface area contributed by atoms with E-state index in [0.29, 0.717) is 5.41 Å². The van der Waals surface area contributed by atoms with Gasteiger partial charge in [0.25, 0.3) is 0 Å². The molecule has 1 spiro atoms. The summed E-state index contributed by atoms with van der Waals surface area (Å²) in [7, 11) is 0. The van der Waals surface area contributed by atoms with Gasteiger partial charge in [-0.1, -0.05) is 24.6 Å². The molecule has 1 fully saturated rings. The molecule has 2 heterocycles. The molecule has 0 atom stereocenters. The Hall–Kier alpha value is -0.480. The molecule has 98 valence electrons. The van der Waals surface area contributed by atoms with Gasteiger partial charge >= 0.3 is 0 Å². The normalized spacial score (nSPS) is 22.2. The van der Waals surface area contributed by atoms with E-state index in [4.69, 9.17) is 4.99 Å². The van der Waals surface area contributed by atoms with Crippen LogP contribution in [0.5, 0.6) is 0 Å². The van der Waals surface area contributed by atoms with Crippen LogP contribution in [-0.4, -0.2) is 17.5 Å². The van der Waals surface area contributed by atoms with E-state index in [2.05, 4.69) is 23.0 Å². The molecule has 1 saturated carbocycles. The lowest BCUT2D eigenvalue weighted by Gasteiger charge is -2.31. The lowest BCUT2D eigenvalue weighted by atomic mass is 9.89. The van der Waals surface area contributed by atoms with Crippen molar-refractivity contribution < 1.29 is 0 Å². The second-order valence-corrected chi connectivity index (χ2v) is 7.26. The highest BCUT2D eigenvalue weighted by molar-refractivity contribution is 8.13. The van der Waals surface area contributed by atoms with Crippen LogP contribution in [0.1, 0.15) is 36.8 Å². The van der Waals surface area contributed by atoms with Crippen LogP contribution in [0.3, 0.4) is 0 Å². The van der Waals surface area contributed by atoms with E-state index in [1.165, 1.54) is 42.6 Å². The number of aryl methyl sites for hydroxylation is 1. The summed E-state index contributed by atoms with van der Waals surface area (Å²) < 4.78 is 0.